The molecule has 0 bridgehead atoms. The Kier molecular flexibility index (Phi) is 11.1. The van der Waals surface area contributed by atoms with Crippen molar-refractivity contribution in [3.8, 4) is 0 Å². The van der Waals surface area contributed by atoms with Gasteiger partial charge in [0.2, 0.25) is 7.37 Å². The number of Topliss-reactive ketones (excluding diaryl/α,β-unsaturated/α-hetero) is 2. The van der Waals surface area contributed by atoms with E-state index in [1.165, 1.54) is 32.1 Å². The fourth-order valence-electron chi connectivity index (χ4n) is 9.11. The first-order chi connectivity index (χ1) is 19.4. The summed E-state index contributed by atoms with van der Waals surface area (Å²) in [6.45, 7) is 2.33. The molecule has 0 aromatic heterocycles. The van der Waals surface area contributed by atoms with Gasteiger partial charge in [-0.2, -0.15) is 0 Å². The predicted molar refractivity (Wildman–Crippen MR) is 161 cm³/mol. The van der Waals surface area contributed by atoms with Gasteiger partial charge in [0.15, 0.2) is 0 Å². The van der Waals surface area contributed by atoms with Crippen LogP contribution in [0.4, 0.5) is 0 Å². The van der Waals surface area contributed by atoms with Gasteiger partial charge >= 0.3 is 0 Å². The van der Waals surface area contributed by atoms with Crippen LogP contribution < -0.4 is 0 Å². The third-order valence-electron chi connectivity index (χ3n) is 11.9. The summed E-state index contributed by atoms with van der Waals surface area (Å²) in [7, 11) is -0.916. The zero-order chi connectivity index (χ0) is 28.1. The van der Waals surface area contributed by atoms with Gasteiger partial charge in [0.1, 0.15) is 11.6 Å². The summed E-state index contributed by atoms with van der Waals surface area (Å²) in [5, 5.41) is 0. The molecule has 5 aliphatic carbocycles. The monoisotopic (exact) mass is 576 g/mol. The standard InChI is InChI=1S/C34H57O5P/c1-24-8-22-32(23-9-24)40(37,31-6-4-3-5-7-31)39-30-20-16-28(17-21-30)34(36)26-12-10-25(11-13-26)33(35)27-14-18-29(38-2)19-15-27/h24-32H,3-23H2,1-2H3. The first kappa shape index (κ1) is 30.9. The Morgan fingerprint density at radius 3 is 1.38 bits per heavy atom. The summed E-state index contributed by atoms with van der Waals surface area (Å²) < 4.78 is 26.9. The maximum Gasteiger partial charge on any atom is 0.209 e. The van der Waals surface area contributed by atoms with Crippen molar-refractivity contribution >= 4 is 18.9 Å². The minimum absolute atomic E-state index is 0.0673. The van der Waals surface area contributed by atoms with Gasteiger partial charge in [-0.25, -0.2) is 0 Å². The summed E-state index contributed by atoms with van der Waals surface area (Å²) in [5.41, 5.74) is 0.533. The van der Waals surface area contributed by atoms with Crippen molar-refractivity contribution in [2.75, 3.05) is 7.11 Å². The van der Waals surface area contributed by atoms with Crippen molar-refractivity contribution in [2.24, 2.45) is 29.6 Å². The van der Waals surface area contributed by atoms with E-state index in [2.05, 4.69) is 6.92 Å². The Morgan fingerprint density at radius 1 is 0.525 bits per heavy atom. The molecule has 40 heavy (non-hydrogen) atoms. The molecule has 0 saturated heterocycles. The molecular formula is C34H57O5P. The molecule has 0 amide bonds. The van der Waals surface area contributed by atoms with Crippen molar-refractivity contribution in [3.05, 3.63) is 0 Å². The predicted octanol–water partition coefficient (Wildman–Crippen LogP) is 8.90. The highest BCUT2D eigenvalue weighted by atomic mass is 31.2. The Hall–Kier alpha value is -0.510. The largest absolute Gasteiger partial charge is 0.381 e. The van der Waals surface area contributed by atoms with Crippen LogP contribution in [-0.2, 0) is 23.4 Å². The van der Waals surface area contributed by atoms with Gasteiger partial charge in [-0.15, -0.1) is 0 Å². The Labute approximate surface area is 244 Å². The molecule has 5 rings (SSSR count). The number of hydrogen-bond acceptors (Lipinski definition) is 5. The van der Waals surface area contributed by atoms with Crippen molar-refractivity contribution in [3.63, 3.8) is 0 Å². The average Bonchev–Trinajstić information content (AvgIpc) is 3.01. The Morgan fingerprint density at radius 2 is 0.925 bits per heavy atom. The quantitative estimate of drug-likeness (QED) is 0.256. The van der Waals surface area contributed by atoms with E-state index in [1.54, 1.807) is 7.11 Å². The van der Waals surface area contributed by atoms with Crippen LogP contribution in [0.15, 0.2) is 0 Å². The molecule has 5 aliphatic rings. The van der Waals surface area contributed by atoms with Crippen LogP contribution in [0.3, 0.4) is 0 Å². The van der Waals surface area contributed by atoms with E-state index in [-0.39, 0.29) is 41.1 Å². The van der Waals surface area contributed by atoms with Crippen LogP contribution >= 0.6 is 7.37 Å². The van der Waals surface area contributed by atoms with E-state index in [0.717, 1.165) is 109 Å². The van der Waals surface area contributed by atoms with Crippen molar-refractivity contribution < 1.29 is 23.4 Å². The van der Waals surface area contributed by atoms with Crippen LogP contribution in [-0.4, -0.2) is 42.2 Å². The number of methoxy groups -OCH3 is 1. The molecule has 0 aliphatic heterocycles. The molecular weight excluding hydrogens is 519 g/mol. The van der Waals surface area contributed by atoms with Crippen LogP contribution in [0, 0.1) is 29.6 Å². The van der Waals surface area contributed by atoms with Crippen LogP contribution in [0.5, 0.6) is 0 Å². The molecule has 0 radical (unpaired) electrons. The molecule has 0 N–H and O–H groups in total. The first-order valence-corrected chi connectivity index (χ1v) is 19.0. The number of carbonyl (C=O) groups excluding carboxylic acids is 2. The van der Waals surface area contributed by atoms with E-state index in [9.17, 15) is 14.2 Å². The lowest BCUT2D eigenvalue weighted by molar-refractivity contribution is -0.134. The van der Waals surface area contributed by atoms with E-state index in [0.29, 0.717) is 17.7 Å². The molecule has 6 heteroatoms. The third-order valence-corrected chi connectivity index (χ3v) is 15.6. The van der Waals surface area contributed by atoms with Gasteiger partial charge in [0, 0.05) is 42.1 Å². The lowest BCUT2D eigenvalue weighted by atomic mass is 9.70. The van der Waals surface area contributed by atoms with Crippen molar-refractivity contribution in [1.29, 1.82) is 0 Å². The van der Waals surface area contributed by atoms with Crippen molar-refractivity contribution in [2.45, 2.75) is 165 Å². The highest BCUT2D eigenvalue weighted by Crippen LogP contribution is 2.65. The molecule has 0 spiro atoms. The molecule has 5 nitrogen and oxygen atoms in total. The molecule has 1 unspecified atom stereocenters. The SMILES string of the molecule is COC1CCC(C(=O)C2CCC(C(=O)C3CCC(OP(=O)(C4CCCCC4)C4CCC(C)CC4)CC3)CC2)CC1. The molecule has 228 valence electrons. The van der Waals surface area contributed by atoms with Gasteiger partial charge in [-0.05, 0) is 121 Å². The second kappa shape index (κ2) is 14.3. The third kappa shape index (κ3) is 7.34. The van der Waals surface area contributed by atoms with Gasteiger partial charge in [0.25, 0.3) is 0 Å². The maximum atomic E-state index is 14.7. The Balaban J connectivity index is 1.09. The minimum atomic E-state index is -2.69. The zero-order valence-corrected chi connectivity index (χ0v) is 26.4. The molecule has 1 atom stereocenters. The lowest BCUT2D eigenvalue weighted by Gasteiger charge is -2.41. The van der Waals surface area contributed by atoms with E-state index in [1.807, 2.05) is 0 Å². The highest BCUT2D eigenvalue weighted by Gasteiger charge is 2.45. The fourth-order valence-corrected chi connectivity index (χ4v) is 12.8. The summed E-state index contributed by atoms with van der Waals surface area (Å²) in [6, 6.07) is 0. The second-order valence-electron chi connectivity index (χ2n) is 14.5. The normalized spacial score (nSPS) is 39.8. The van der Waals surface area contributed by atoms with Gasteiger partial charge in [-0.3, -0.25) is 14.2 Å². The van der Waals surface area contributed by atoms with Crippen LogP contribution in [0.25, 0.3) is 0 Å². The number of rotatable bonds is 9. The Bertz CT molecular complexity index is 865. The second-order valence-corrected chi connectivity index (χ2v) is 17.5. The summed E-state index contributed by atoms with van der Waals surface area (Å²) in [4.78, 5) is 26.7. The molecule has 5 fully saturated rings. The molecule has 0 heterocycles. The number of carbonyl (C=O) groups is 2. The average molecular weight is 577 g/mol. The highest BCUT2D eigenvalue weighted by molar-refractivity contribution is 7.60. The molecule has 0 aromatic rings. The maximum absolute atomic E-state index is 14.7. The first-order valence-electron chi connectivity index (χ1n) is 17.2. The van der Waals surface area contributed by atoms with E-state index in [4.69, 9.17) is 9.26 Å². The summed E-state index contributed by atoms with van der Waals surface area (Å²) >= 11 is 0. The van der Waals surface area contributed by atoms with Gasteiger partial charge < -0.3 is 9.26 Å². The summed E-state index contributed by atoms with van der Waals surface area (Å²) in [5.74, 6) is 2.30. The van der Waals surface area contributed by atoms with Gasteiger partial charge in [-0.1, -0.05) is 26.2 Å². The smallest absolute Gasteiger partial charge is 0.209 e. The van der Waals surface area contributed by atoms with E-state index < -0.39 is 7.37 Å². The summed E-state index contributed by atoms with van der Waals surface area (Å²) in [6.07, 6.45) is 21.8. The zero-order valence-electron chi connectivity index (χ0n) is 25.5. The van der Waals surface area contributed by atoms with Gasteiger partial charge in [0.05, 0.1) is 12.2 Å². The topological polar surface area (TPSA) is 69.7 Å². The molecule has 0 aromatic carbocycles. The number of ether oxygens (including phenoxy) is 1. The van der Waals surface area contributed by atoms with E-state index >= 15 is 0 Å². The number of ketones is 2. The molecule has 5 saturated carbocycles. The number of hydrogen-bond donors (Lipinski definition) is 0. The van der Waals surface area contributed by atoms with Crippen LogP contribution in [0.2, 0.25) is 0 Å². The fraction of sp³-hybridized carbons (Fsp3) is 0.941. The lowest BCUT2D eigenvalue weighted by Crippen LogP contribution is -2.36. The minimum Gasteiger partial charge on any atom is -0.381 e. The van der Waals surface area contributed by atoms with Crippen molar-refractivity contribution in [1.82, 2.24) is 0 Å². The van der Waals surface area contributed by atoms with Crippen LogP contribution in [0.1, 0.15) is 142 Å².